The molecule has 3 N–H and O–H groups in total. The van der Waals surface area contributed by atoms with E-state index in [1.54, 1.807) is 21.0 Å². The number of esters is 1. The number of aliphatic hydroxyl groups excluding tert-OH is 1. The Bertz CT molecular complexity index is 1260. The second kappa shape index (κ2) is 13.4. The fourth-order valence-corrected chi connectivity index (χ4v) is 13.5. The summed E-state index contributed by atoms with van der Waals surface area (Å²) in [5.74, 6) is 1.01. The van der Waals surface area contributed by atoms with Crippen LogP contribution in [0.4, 0.5) is 4.79 Å². The third-order valence-corrected chi connectivity index (χ3v) is 16.2. The van der Waals surface area contributed by atoms with E-state index in [9.17, 15) is 19.8 Å². The number of carbonyl (C=O) groups excluding carboxylic acids is 2. The summed E-state index contributed by atoms with van der Waals surface area (Å²) < 4.78 is 23.2. The van der Waals surface area contributed by atoms with Crippen LogP contribution in [0.15, 0.2) is 0 Å². The van der Waals surface area contributed by atoms with E-state index in [2.05, 4.69) is 44.8 Å². The molecule has 0 aromatic carbocycles. The number of methoxy groups -OCH3 is 1. The first-order valence-electron chi connectivity index (χ1n) is 19.7. The molecule has 286 valence electrons. The molecular formula is C40H68N2O8. The standard InChI is InChI=1S/C40H68N2O8/c1-25(22-28(47-9)33(36(5,6)46)49-26(2)43)27-23-31(44)38(8)30-11-10-29-35(3,4)32(50-34(45)41-16-17-42-18-20-48-21-19-42)12-13-39(29)24-40(30,39)15-14-37(27,38)7/h25,27-33,44,46H,10-24H2,1-9H3,(H,41,45)/t25-,27-,28?,29+,30?,31+,32?,33?,37?,38-,39?,40?/m1/s1. The maximum atomic E-state index is 13.0. The zero-order valence-electron chi connectivity index (χ0n) is 32.5. The van der Waals surface area contributed by atoms with Crippen LogP contribution in [0.2, 0.25) is 0 Å². The number of fused-ring (bicyclic) bond motifs is 2. The molecule has 10 heteroatoms. The maximum Gasteiger partial charge on any atom is 0.407 e. The summed E-state index contributed by atoms with van der Waals surface area (Å²) in [6.07, 6.45) is 7.10. The minimum Gasteiger partial charge on any atom is -0.457 e. The van der Waals surface area contributed by atoms with Crippen molar-refractivity contribution < 1.29 is 38.7 Å². The Morgan fingerprint density at radius 3 is 2.32 bits per heavy atom. The number of aliphatic hydroxyl groups is 2. The fourth-order valence-electron chi connectivity index (χ4n) is 13.5. The average molecular weight is 705 g/mol. The van der Waals surface area contributed by atoms with E-state index in [0.29, 0.717) is 24.8 Å². The fraction of sp³-hybridized carbons (Fsp3) is 0.950. The van der Waals surface area contributed by atoms with Gasteiger partial charge < -0.3 is 34.5 Å². The average Bonchev–Trinajstić information content (AvgIpc) is 3.66. The van der Waals surface area contributed by atoms with Crippen LogP contribution in [-0.2, 0) is 23.7 Å². The second-order valence-electron chi connectivity index (χ2n) is 19.0. The molecule has 2 spiro atoms. The number of rotatable bonds is 11. The minimum absolute atomic E-state index is 0.0442. The highest BCUT2D eigenvalue weighted by molar-refractivity contribution is 5.67. The molecule has 1 heterocycles. The van der Waals surface area contributed by atoms with Crippen LogP contribution in [0.3, 0.4) is 0 Å². The Hall–Kier alpha value is -1.46. The van der Waals surface area contributed by atoms with Gasteiger partial charge in [0.15, 0.2) is 6.10 Å². The van der Waals surface area contributed by atoms with Crippen LogP contribution in [0.5, 0.6) is 0 Å². The molecule has 1 aliphatic heterocycles. The molecule has 1 saturated heterocycles. The lowest BCUT2D eigenvalue weighted by atomic mass is 9.41. The van der Waals surface area contributed by atoms with Crippen LogP contribution in [-0.4, -0.2) is 104 Å². The van der Waals surface area contributed by atoms with Crippen LogP contribution in [0.1, 0.15) is 113 Å². The van der Waals surface area contributed by atoms with Crippen molar-refractivity contribution >= 4 is 12.1 Å². The molecule has 10 nitrogen and oxygen atoms in total. The number of nitrogens with zero attached hydrogens (tertiary/aromatic N) is 1. The number of carbonyl (C=O) groups is 2. The number of morpholine rings is 1. The van der Waals surface area contributed by atoms with Gasteiger partial charge in [0.25, 0.3) is 0 Å². The molecule has 0 radical (unpaired) electrons. The largest absolute Gasteiger partial charge is 0.457 e. The molecule has 5 aliphatic carbocycles. The highest BCUT2D eigenvalue weighted by Gasteiger charge is 2.83. The lowest BCUT2D eigenvalue weighted by Crippen LogP contribution is -2.60. The lowest BCUT2D eigenvalue weighted by molar-refractivity contribution is -0.186. The topological polar surface area (TPSA) is 127 Å². The highest BCUT2D eigenvalue weighted by atomic mass is 16.6. The maximum absolute atomic E-state index is 13.0. The van der Waals surface area contributed by atoms with Crippen LogP contribution in [0.25, 0.3) is 0 Å². The van der Waals surface area contributed by atoms with Crippen molar-refractivity contribution in [1.29, 1.82) is 0 Å². The van der Waals surface area contributed by atoms with E-state index in [1.807, 2.05) is 0 Å². The first-order valence-corrected chi connectivity index (χ1v) is 19.7. The van der Waals surface area contributed by atoms with Crippen molar-refractivity contribution in [2.75, 3.05) is 46.5 Å². The Balaban J connectivity index is 1.14. The number of hydrogen-bond acceptors (Lipinski definition) is 9. The van der Waals surface area contributed by atoms with Crippen LogP contribution >= 0.6 is 0 Å². The van der Waals surface area contributed by atoms with Crippen molar-refractivity contribution in [2.45, 2.75) is 143 Å². The molecule has 5 saturated carbocycles. The third-order valence-electron chi connectivity index (χ3n) is 16.2. The Kier molecular flexibility index (Phi) is 10.3. The van der Waals surface area contributed by atoms with E-state index < -0.39 is 23.8 Å². The molecule has 6 fully saturated rings. The predicted octanol–water partition coefficient (Wildman–Crippen LogP) is 5.57. The van der Waals surface area contributed by atoms with E-state index in [1.165, 1.54) is 19.8 Å². The Morgan fingerprint density at radius 2 is 1.68 bits per heavy atom. The predicted molar refractivity (Wildman–Crippen MR) is 190 cm³/mol. The van der Waals surface area contributed by atoms with Crippen LogP contribution in [0, 0.1) is 50.7 Å². The second-order valence-corrected chi connectivity index (χ2v) is 19.0. The molecule has 7 unspecified atom stereocenters. The molecule has 1 amide bonds. The van der Waals surface area contributed by atoms with Crippen molar-refractivity contribution in [3.05, 3.63) is 0 Å². The van der Waals surface area contributed by atoms with Crippen LogP contribution < -0.4 is 5.32 Å². The van der Waals surface area contributed by atoms with Gasteiger partial charge >= 0.3 is 12.1 Å². The minimum atomic E-state index is -1.25. The number of alkyl carbamates (subject to hydrolysis) is 1. The van der Waals surface area contributed by atoms with Gasteiger partial charge in [0.1, 0.15) is 6.10 Å². The van der Waals surface area contributed by atoms with E-state index >= 15 is 0 Å². The normalized spacial score (nSPS) is 42.5. The van der Waals surface area contributed by atoms with Gasteiger partial charge in [-0.05, 0) is 112 Å². The van der Waals surface area contributed by atoms with E-state index in [0.717, 1.165) is 71.4 Å². The van der Waals surface area contributed by atoms with Gasteiger partial charge in [-0.2, -0.15) is 0 Å². The quantitative estimate of drug-likeness (QED) is 0.237. The van der Waals surface area contributed by atoms with Gasteiger partial charge in [-0.3, -0.25) is 9.69 Å². The number of hydrogen-bond donors (Lipinski definition) is 3. The Morgan fingerprint density at radius 1 is 1.02 bits per heavy atom. The molecule has 0 aromatic heterocycles. The first-order chi connectivity index (χ1) is 23.4. The SMILES string of the molecule is COC(C[C@@H](C)[C@H]1C[C@H](O)[C@@]2(C)C3CC[C@H]4C(C)(C)C(OC(=O)NCCN5CCOCC5)CCC45CC35CCC12C)C(OC(C)=O)C(C)(C)O. The summed E-state index contributed by atoms with van der Waals surface area (Å²) in [7, 11) is 1.63. The third kappa shape index (κ3) is 6.03. The lowest BCUT2D eigenvalue weighted by Gasteiger charge is -2.63. The van der Waals surface area contributed by atoms with Gasteiger partial charge in [0, 0.05) is 51.0 Å². The van der Waals surface area contributed by atoms with E-state index in [-0.39, 0.29) is 57.2 Å². The molecule has 50 heavy (non-hydrogen) atoms. The molecule has 0 bridgehead atoms. The molecule has 6 rings (SSSR count). The summed E-state index contributed by atoms with van der Waals surface area (Å²) in [4.78, 5) is 27.3. The Labute approximate surface area is 301 Å². The van der Waals surface area contributed by atoms with Gasteiger partial charge in [-0.15, -0.1) is 0 Å². The molecular weight excluding hydrogens is 636 g/mol. The molecule has 12 atom stereocenters. The zero-order valence-corrected chi connectivity index (χ0v) is 32.5. The van der Waals surface area contributed by atoms with Crippen molar-refractivity contribution in [2.24, 2.45) is 50.7 Å². The summed E-state index contributed by atoms with van der Waals surface area (Å²) in [5.41, 5.74) is -1.12. The van der Waals surface area contributed by atoms with Crippen molar-refractivity contribution in [3.8, 4) is 0 Å². The van der Waals surface area contributed by atoms with E-state index in [4.69, 9.17) is 18.9 Å². The van der Waals surface area contributed by atoms with Crippen molar-refractivity contribution in [3.63, 3.8) is 0 Å². The highest BCUT2D eigenvalue weighted by Crippen LogP contribution is 2.89. The summed E-state index contributed by atoms with van der Waals surface area (Å²) in [5, 5.41) is 26.1. The van der Waals surface area contributed by atoms with Gasteiger partial charge in [-0.25, -0.2) is 4.79 Å². The molecule has 0 aromatic rings. The van der Waals surface area contributed by atoms with Crippen molar-refractivity contribution in [1.82, 2.24) is 10.2 Å². The first kappa shape index (κ1) is 38.3. The zero-order chi connectivity index (χ0) is 36.5. The monoisotopic (exact) mass is 704 g/mol. The van der Waals surface area contributed by atoms with Gasteiger partial charge in [-0.1, -0.05) is 34.6 Å². The summed E-state index contributed by atoms with van der Waals surface area (Å²) in [6, 6.07) is 0. The number of amides is 1. The van der Waals surface area contributed by atoms with Gasteiger partial charge in [0.2, 0.25) is 0 Å². The van der Waals surface area contributed by atoms with Gasteiger partial charge in [0.05, 0.1) is 31.0 Å². The summed E-state index contributed by atoms with van der Waals surface area (Å²) in [6.45, 7) is 21.2. The summed E-state index contributed by atoms with van der Waals surface area (Å²) >= 11 is 0. The molecule has 6 aliphatic rings. The number of ether oxygens (including phenoxy) is 4. The number of nitrogens with one attached hydrogen (secondary N) is 1. The smallest absolute Gasteiger partial charge is 0.407 e.